The van der Waals surface area contributed by atoms with Gasteiger partial charge in [-0.15, -0.1) is 10.2 Å². The molecule has 0 amide bonds. The number of rotatable bonds is 5. The van der Waals surface area contributed by atoms with Crippen molar-refractivity contribution in [1.29, 1.82) is 0 Å². The van der Waals surface area contributed by atoms with Gasteiger partial charge in [-0.05, 0) is 19.1 Å². The van der Waals surface area contributed by atoms with Crippen LogP contribution < -0.4 is 14.8 Å². The van der Waals surface area contributed by atoms with Crippen molar-refractivity contribution in [2.75, 3.05) is 19.5 Å². The fraction of sp³-hybridized carbons (Fsp3) is 0.333. The van der Waals surface area contributed by atoms with Gasteiger partial charge in [0, 0.05) is 18.2 Å². The molecule has 6 heteroatoms. The van der Waals surface area contributed by atoms with Crippen LogP contribution in [0.5, 0.6) is 11.5 Å². The highest BCUT2D eigenvalue weighted by Crippen LogP contribution is 2.25. The Morgan fingerprint density at radius 1 is 1.22 bits per heavy atom. The van der Waals surface area contributed by atoms with Gasteiger partial charge in [-0.25, -0.2) is 0 Å². The SMILES string of the molecule is COc1ccc(CNc2nnc(C)s2)c(OC)c1. The zero-order valence-electron chi connectivity index (χ0n) is 10.6. The summed E-state index contributed by atoms with van der Waals surface area (Å²) in [5.74, 6) is 1.57. The summed E-state index contributed by atoms with van der Waals surface area (Å²) in [7, 11) is 3.28. The van der Waals surface area contributed by atoms with Crippen LogP contribution in [0.25, 0.3) is 0 Å². The van der Waals surface area contributed by atoms with E-state index in [0.29, 0.717) is 6.54 Å². The molecule has 0 aliphatic carbocycles. The van der Waals surface area contributed by atoms with Crippen LogP contribution in [0, 0.1) is 6.92 Å². The minimum Gasteiger partial charge on any atom is -0.497 e. The topological polar surface area (TPSA) is 56.3 Å². The lowest BCUT2D eigenvalue weighted by Gasteiger charge is -2.10. The first-order valence-electron chi connectivity index (χ1n) is 5.48. The van der Waals surface area contributed by atoms with E-state index in [1.54, 1.807) is 14.2 Å². The lowest BCUT2D eigenvalue weighted by Crippen LogP contribution is -2.01. The van der Waals surface area contributed by atoms with Crippen LogP contribution >= 0.6 is 11.3 Å². The van der Waals surface area contributed by atoms with E-state index in [1.807, 2.05) is 25.1 Å². The molecule has 0 bridgehead atoms. The van der Waals surface area contributed by atoms with E-state index < -0.39 is 0 Å². The molecular weight excluding hydrogens is 250 g/mol. The van der Waals surface area contributed by atoms with Gasteiger partial charge in [0.25, 0.3) is 0 Å². The molecule has 0 unspecified atom stereocenters. The molecule has 1 aromatic heterocycles. The van der Waals surface area contributed by atoms with Crippen LogP contribution in [0.1, 0.15) is 10.6 Å². The number of hydrogen-bond acceptors (Lipinski definition) is 6. The molecule has 2 aromatic rings. The molecule has 0 saturated carbocycles. The number of benzene rings is 1. The summed E-state index contributed by atoms with van der Waals surface area (Å²) in [6.07, 6.45) is 0. The second kappa shape index (κ2) is 5.68. The number of aromatic nitrogens is 2. The Bertz CT molecular complexity index is 528. The van der Waals surface area contributed by atoms with E-state index in [9.17, 15) is 0 Å². The van der Waals surface area contributed by atoms with E-state index in [4.69, 9.17) is 9.47 Å². The van der Waals surface area contributed by atoms with Crippen LogP contribution in [0.3, 0.4) is 0 Å². The largest absolute Gasteiger partial charge is 0.497 e. The summed E-state index contributed by atoms with van der Waals surface area (Å²) >= 11 is 1.53. The summed E-state index contributed by atoms with van der Waals surface area (Å²) in [5.41, 5.74) is 1.05. The van der Waals surface area contributed by atoms with E-state index in [0.717, 1.165) is 27.2 Å². The molecule has 1 aromatic carbocycles. The van der Waals surface area contributed by atoms with E-state index >= 15 is 0 Å². The van der Waals surface area contributed by atoms with Crippen molar-refractivity contribution in [3.8, 4) is 11.5 Å². The van der Waals surface area contributed by atoms with Crippen LogP contribution in [0.4, 0.5) is 5.13 Å². The fourth-order valence-electron chi connectivity index (χ4n) is 1.54. The van der Waals surface area contributed by atoms with Gasteiger partial charge in [0.1, 0.15) is 16.5 Å². The number of nitrogens with zero attached hydrogens (tertiary/aromatic N) is 2. The second-order valence-electron chi connectivity index (χ2n) is 3.66. The Kier molecular flexibility index (Phi) is 3.99. The summed E-state index contributed by atoms with van der Waals surface area (Å²) in [6, 6.07) is 5.74. The number of hydrogen-bond donors (Lipinski definition) is 1. The standard InChI is InChI=1S/C12H15N3O2S/c1-8-14-15-12(18-8)13-7-9-4-5-10(16-2)6-11(9)17-3/h4-6H,7H2,1-3H3,(H,13,15). The highest BCUT2D eigenvalue weighted by Gasteiger charge is 2.06. The molecule has 0 atom stereocenters. The molecular formula is C12H15N3O2S. The molecule has 0 aliphatic heterocycles. The van der Waals surface area contributed by atoms with Crippen molar-refractivity contribution >= 4 is 16.5 Å². The monoisotopic (exact) mass is 265 g/mol. The predicted octanol–water partition coefficient (Wildman–Crippen LogP) is 2.48. The summed E-state index contributed by atoms with van der Waals surface area (Å²) in [6.45, 7) is 2.57. The molecule has 0 spiro atoms. The lowest BCUT2D eigenvalue weighted by atomic mass is 10.2. The molecule has 96 valence electrons. The van der Waals surface area contributed by atoms with Crippen molar-refractivity contribution in [2.24, 2.45) is 0 Å². The van der Waals surface area contributed by atoms with Gasteiger partial charge < -0.3 is 14.8 Å². The first-order valence-corrected chi connectivity index (χ1v) is 6.29. The van der Waals surface area contributed by atoms with Crippen molar-refractivity contribution in [3.63, 3.8) is 0 Å². The maximum Gasteiger partial charge on any atom is 0.205 e. The molecule has 0 fully saturated rings. The van der Waals surface area contributed by atoms with Gasteiger partial charge in [-0.2, -0.15) is 0 Å². The van der Waals surface area contributed by atoms with Crippen molar-refractivity contribution < 1.29 is 9.47 Å². The van der Waals surface area contributed by atoms with Crippen LogP contribution in [0.2, 0.25) is 0 Å². The summed E-state index contributed by atoms with van der Waals surface area (Å²) in [4.78, 5) is 0. The quantitative estimate of drug-likeness (QED) is 0.900. The van der Waals surface area contributed by atoms with Crippen molar-refractivity contribution in [1.82, 2.24) is 10.2 Å². The van der Waals surface area contributed by atoms with E-state index in [-0.39, 0.29) is 0 Å². The predicted molar refractivity (Wildman–Crippen MR) is 71.5 cm³/mol. The molecule has 5 nitrogen and oxygen atoms in total. The molecule has 0 aliphatic rings. The van der Waals surface area contributed by atoms with E-state index in [2.05, 4.69) is 15.5 Å². The highest BCUT2D eigenvalue weighted by molar-refractivity contribution is 7.15. The molecule has 1 N–H and O–H groups in total. The van der Waals surface area contributed by atoms with Gasteiger partial charge in [-0.3, -0.25) is 0 Å². The molecule has 0 saturated heterocycles. The second-order valence-corrected chi connectivity index (χ2v) is 4.84. The van der Waals surface area contributed by atoms with Gasteiger partial charge in [0.15, 0.2) is 0 Å². The summed E-state index contributed by atoms with van der Waals surface area (Å²) < 4.78 is 10.5. The third-order valence-electron chi connectivity index (χ3n) is 2.45. The maximum atomic E-state index is 5.33. The number of ether oxygens (including phenoxy) is 2. The molecule has 0 radical (unpaired) electrons. The number of aryl methyl sites for hydroxylation is 1. The average molecular weight is 265 g/mol. The Balaban J connectivity index is 2.08. The average Bonchev–Trinajstić information content (AvgIpc) is 2.82. The fourth-order valence-corrected chi connectivity index (χ4v) is 2.12. The zero-order valence-corrected chi connectivity index (χ0v) is 11.4. The molecule has 2 rings (SSSR count). The minimum absolute atomic E-state index is 0.641. The Hall–Kier alpha value is -1.82. The van der Waals surface area contributed by atoms with Gasteiger partial charge in [-0.1, -0.05) is 11.3 Å². The summed E-state index contributed by atoms with van der Waals surface area (Å²) in [5, 5.41) is 12.9. The maximum absolute atomic E-state index is 5.33. The van der Waals surface area contributed by atoms with E-state index in [1.165, 1.54) is 11.3 Å². The van der Waals surface area contributed by atoms with Gasteiger partial charge in [0.05, 0.1) is 14.2 Å². The zero-order chi connectivity index (χ0) is 13.0. The Labute approximate surface area is 110 Å². The number of methoxy groups -OCH3 is 2. The number of nitrogens with one attached hydrogen (secondary N) is 1. The van der Waals surface area contributed by atoms with Gasteiger partial charge >= 0.3 is 0 Å². The Morgan fingerprint density at radius 2 is 2.06 bits per heavy atom. The first-order chi connectivity index (χ1) is 8.72. The van der Waals surface area contributed by atoms with Gasteiger partial charge in [0.2, 0.25) is 5.13 Å². The smallest absolute Gasteiger partial charge is 0.205 e. The van der Waals surface area contributed by atoms with Crippen molar-refractivity contribution in [2.45, 2.75) is 13.5 Å². The molecule has 1 heterocycles. The molecule has 18 heavy (non-hydrogen) atoms. The van der Waals surface area contributed by atoms with Crippen LogP contribution in [0.15, 0.2) is 18.2 Å². The Morgan fingerprint density at radius 3 is 2.67 bits per heavy atom. The third-order valence-corrected chi connectivity index (χ3v) is 3.25. The first kappa shape index (κ1) is 12.6. The highest BCUT2D eigenvalue weighted by atomic mass is 32.1. The van der Waals surface area contributed by atoms with Crippen molar-refractivity contribution in [3.05, 3.63) is 28.8 Å². The number of anilines is 1. The third kappa shape index (κ3) is 2.89. The normalized spacial score (nSPS) is 10.2. The minimum atomic E-state index is 0.641. The lowest BCUT2D eigenvalue weighted by molar-refractivity contribution is 0.391. The van der Waals surface area contributed by atoms with Crippen LogP contribution in [-0.2, 0) is 6.54 Å². The van der Waals surface area contributed by atoms with Crippen LogP contribution in [-0.4, -0.2) is 24.4 Å².